The highest BCUT2D eigenvalue weighted by molar-refractivity contribution is 5.90. The lowest BCUT2D eigenvalue weighted by Crippen LogP contribution is -2.11. The van der Waals surface area contributed by atoms with Gasteiger partial charge in [0.05, 0.1) is 0 Å². The van der Waals surface area contributed by atoms with Crippen LogP contribution in [0.3, 0.4) is 0 Å². The number of amides is 1. The van der Waals surface area contributed by atoms with Crippen molar-refractivity contribution in [1.29, 1.82) is 0 Å². The number of hydrogen-bond donors (Lipinski definition) is 1. The van der Waals surface area contributed by atoms with E-state index in [9.17, 15) is 4.79 Å². The molecule has 0 saturated heterocycles. The van der Waals surface area contributed by atoms with E-state index in [4.69, 9.17) is 0 Å². The minimum Gasteiger partial charge on any atom is -0.326 e. The maximum absolute atomic E-state index is 11.4. The highest BCUT2D eigenvalue weighted by Gasteiger charge is 2.02. The molecule has 0 heterocycles. The van der Waals surface area contributed by atoms with Crippen molar-refractivity contribution < 1.29 is 6.22 Å². The quantitative estimate of drug-likeness (QED) is 0.781. The van der Waals surface area contributed by atoms with Crippen molar-refractivity contribution in [2.75, 3.05) is 5.32 Å². The summed E-state index contributed by atoms with van der Waals surface area (Å²) in [6.45, 7) is 4.24. The lowest BCUT2D eigenvalue weighted by Gasteiger charge is -2.06. The minimum absolute atomic E-state index is 0. The number of rotatable bonds is 4. The van der Waals surface area contributed by atoms with Crippen molar-refractivity contribution in [3.8, 4) is 0 Å². The molecule has 2 heteroatoms. The number of anilines is 1. The van der Waals surface area contributed by atoms with E-state index in [2.05, 4.69) is 19.2 Å². The average Bonchev–Trinajstić information content (AvgIpc) is 2.16. The van der Waals surface area contributed by atoms with Crippen molar-refractivity contribution in [2.45, 2.75) is 26.7 Å². The number of benzene rings is 1. The van der Waals surface area contributed by atoms with Crippen molar-refractivity contribution in [3.05, 3.63) is 30.3 Å². The molecule has 1 rings (SSSR count). The van der Waals surface area contributed by atoms with E-state index in [1.54, 1.807) is 0 Å². The monoisotopic (exact) mass is 193 g/mol. The lowest BCUT2D eigenvalue weighted by molar-refractivity contribution is -0.116. The fraction of sp³-hybridized carbons (Fsp3) is 0.417. The van der Waals surface area contributed by atoms with Gasteiger partial charge in [-0.1, -0.05) is 32.0 Å². The zero-order valence-corrected chi connectivity index (χ0v) is 8.79. The third-order valence-corrected chi connectivity index (χ3v) is 2.01. The van der Waals surface area contributed by atoms with E-state index in [1.807, 2.05) is 30.3 Å². The zero-order chi connectivity index (χ0) is 10.4. The SMILES string of the molecule is CC(C)CCC(=O)Nc1ccccc1.[HH]. The maximum Gasteiger partial charge on any atom is 0.224 e. The molecule has 0 bridgehead atoms. The number of hydrogen-bond acceptors (Lipinski definition) is 1. The van der Waals surface area contributed by atoms with Crippen LogP contribution < -0.4 is 5.32 Å². The van der Waals surface area contributed by atoms with Crippen LogP contribution in [-0.4, -0.2) is 5.91 Å². The Morgan fingerprint density at radius 1 is 1.36 bits per heavy atom. The van der Waals surface area contributed by atoms with E-state index >= 15 is 0 Å². The maximum atomic E-state index is 11.4. The van der Waals surface area contributed by atoms with Crippen LogP contribution in [0, 0.1) is 5.92 Å². The van der Waals surface area contributed by atoms with Crippen LogP contribution in [0.2, 0.25) is 0 Å². The molecule has 0 fully saturated rings. The van der Waals surface area contributed by atoms with Gasteiger partial charge < -0.3 is 5.32 Å². The Morgan fingerprint density at radius 2 is 2.00 bits per heavy atom. The smallest absolute Gasteiger partial charge is 0.224 e. The summed E-state index contributed by atoms with van der Waals surface area (Å²) < 4.78 is 0. The number of carbonyl (C=O) groups excluding carboxylic acids is 1. The van der Waals surface area contributed by atoms with Crippen LogP contribution in [0.5, 0.6) is 0 Å². The Balaban J connectivity index is 0.00000196. The molecule has 14 heavy (non-hydrogen) atoms. The highest BCUT2D eigenvalue weighted by atomic mass is 16.1. The summed E-state index contributed by atoms with van der Waals surface area (Å²) in [4.78, 5) is 11.4. The third-order valence-electron chi connectivity index (χ3n) is 2.01. The number of nitrogens with one attached hydrogen (secondary N) is 1. The molecular weight excluding hydrogens is 174 g/mol. The minimum atomic E-state index is 0. The molecule has 0 aliphatic heterocycles. The second kappa shape index (κ2) is 5.43. The summed E-state index contributed by atoms with van der Waals surface area (Å²) in [7, 11) is 0. The van der Waals surface area contributed by atoms with Crippen molar-refractivity contribution in [1.82, 2.24) is 0 Å². The van der Waals surface area contributed by atoms with Crippen LogP contribution in [0.4, 0.5) is 5.69 Å². The van der Waals surface area contributed by atoms with Crippen LogP contribution in [-0.2, 0) is 4.79 Å². The molecule has 2 nitrogen and oxygen atoms in total. The van der Waals surface area contributed by atoms with Crippen LogP contribution in [0.15, 0.2) is 30.3 Å². The van der Waals surface area contributed by atoms with Crippen LogP contribution in [0.1, 0.15) is 28.1 Å². The molecule has 1 amide bonds. The summed E-state index contributed by atoms with van der Waals surface area (Å²) in [5, 5.41) is 2.86. The number of carbonyl (C=O) groups is 1. The van der Waals surface area contributed by atoms with Gasteiger partial charge in [0, 0.05) is 13.5 Å². The van der Waals surface area contributed by atoms with Gasteiger partial charge in [-0.3, -0.25) is 4.79 Å². The fourth-order valence-corrected chi connectivity index (χ4v) is 1.16. The fourth-order valence-electron chi connectivity index (χ4n) is 1.16. The predicted octanol–water partition coefficient (Wildman–Crippen LogP) is 3.31. The van der Waals surface area contributed by atoms with E-state index in [1.165, 1.54) is 0 Å². The molecule has 1 aromatic rings. The Morgan fingerprint density at radius 3 is 2.57 bits per heavy atom. The summed E-state index contributed by atoms with van der Waals surface area (Å²) in [6, 6.07) is 9.56. The molecule has 0 aliphatic carbocycles. The van der Waals surface area contributed by atoms with Gasteiger partial charge in [0.1, 0.15) is 0 Å². The summed E-state index contributed by atoms with van der Waals surface area (Å²) in [5.74, 6) is 0.682. The van der Waals surface area contributed by atoms with Gasteiger partial charge >= 0.3 is 0 Å². The van der Waals surface area contributed by atoms with Gasteiger partial charge in [0.15, 0.2) is 0 Å². The van der Waals surface area contributed by atoms with Gasteiger partial charge in [-0.15, -0.1) is 0 Å². The molecule has 0 spiro atoms. The molecule has 1 N–H and O–H groups in total. The van der Waals surface area contributed by atoms with Crippen LogP contribution >= 0.6 is 0 Å². The summed E-state index contributed by atoms with van der Waals surface area (Å²) in [5.41, 5.74) is 0.876. The van der Waals surface area contributed by atoms with Gasteiger partial charge in [-0.25, -0.2) is 0 Å². The van der Waals surface area contributed by atoms with Gasteiger partial charge in [0.25, 0.3) is 0 Å². The molecule has 0 saturated carbocycles. The zero-order valence-electron chi connectivity index (χ0n) is 8.79. The molecular formula is C12H19NO. The normalized spacial score (nSPS) is 10.2. The Hall–Kier alpha value is -1.31. The summed E-state index contributed by atoms with van der Waals surface area (Å²) in [6.07, 6.45) is 1.55. The lowest BCUT2D eigenvalue weighted by atomic mass is 10.1. The van der Waals surface area contributed by atoms with Crippen molar-refractivity contribution >= 4 is 11.6 Å². The van der Waals surface area contributed by atoms with Gasteiger partial charge in [-0.05, 0) is 24.5 Å². The van der Waals surface area contributed by atoms with Gasteiger partial charge in [-0.2, -0.15) is 0 Å². The largest absolute Gasteiger partial charge is 0.326 e. The Labute approximate surface area is 86.8 Å². The second-order valence-electron chi connectivity index (χ2n) is 3.85. The molecule has 0 unspecified atom stereocenters. The highest BCUT2D eigenvalue weighted by Crippen LogP contribution is 2.08. The topological polar surface area (TPSA) is 29.1 Å². The second-order valence-corrected chi connectivity index (χ2v) is 3.85. The molecule has 0 atom stereocenters. The first-order chi connectivity index (χ1) is 6.68. The van der Waals surface area contributed by atoms with Crippen LogP contribution in [0.25, 0.3) is 0 Å². The van der Waals surface area contributed by atoms with E-state index < -0.39 is 0 Å². The Bertz CT molecular complexity index is 285. The molecule has 0 aromatic heterocycles. The molecule has 78 valence electrons. The predicted molar refractivity (Wildman–Crippen MR) is 61.3 cm³/mol. The van der Waals surface area contributed by atoms with E-state index in [-0.39, 0.29) is 7.33 Å². The first kappa shape index (κ1) is 10.8. The number of para-hydroxylation sites is 1. The molecule has 0 radical (unpaired) electrons. The molecule has 1 aromatic carbocycles. The van der Waals surface area contributed by atoms with E-state index in [0.29, 0.717) is 12.3 Å². The first-order valence-corrected chi connectivity index (χ1v) is 5.03. The first-order valence-electron chi connectivity index (χ1n) is 5.03. The van der Waals surface area contributed by atoms with Gasteiger partial charge in [0.2, 0.25) is 5.91 Å². The summed E-state index contributed by atoms with van der Waals surface area (Å²) >= 11 is 0. The average molecular weight is 193 g/mol. The van der Waals surface area contributed by atoms with E-state index in [0.717, 1.165) is 12.1 Å². The Kier molecular flexibility index (Phi) is 4.17. The molecule has 0 aliphatic rings. The standard InChI is InChI=1S/C12H17NO.H2/c1-10(2)8-9-12(14)13-11-6-4-3-5-7-11;/h3-7,10H,8-9H2,1-2H3,(H,13,14);1H. The van der Waals surface area contributed by atoms with Crippen molar-refractivity contribution in [3.63, 3.8) is 0 Å². The van der Waals surface area contributed by atoms with Crippen molar-refractivity contribution in [2.24, 2.45) is 5.92 Å². The third kappa shape index (κ3) is 4.08.